The molecule has 0 radical (unpaired) electrons. The van der Waals surface area contributed by atoms with Crippen LogP contribution in [0.15, 0.2) is 46.2 Å². The number of aromatic nitrogens is 1. The molecule has 134 valence electrons. The summed E-state index contributed by atoms with van der Waals surface area (Å²) in [6.45, 7) is -0.377. The fourth-order valence-corrected chi connectivity index (χ4v) is 3.21. The lowest BCUT2D eigenvalue weighted by atomic mass is 10.3. The maximum absolute atomic E-state index is 12.2. The smallest absolute Gasteiger partial charge is 0.251 e. The molecule has 1 heterocycles. The molecule has 0 spiro atoms. The van der Waals surface area contributed by atoms with Crippen molar-refractivity contribution in [2.45, 2.75) is 11.4 Å². The summed E-state index contributed by atoms with van der Waals surface area (Å²) in [5.74, 6) is -0.550. The van der Waals surface area contributed by atoms with E-state index in [1.807, 2.05) is 0 Å². The standard InChI is InChI=1S/C15H15Cl2N3O4S/c1-19(2)25(23,24)10-6-7-14(22)20(8-10)9-13(21)18-12-5-3-4-11(16)15(12)17/h3-8H,9H2,1-2H3,(H,18,21). The number of sulfonamides is 1. The first kappa shape index (κ1) is 19.5. The topological polar surface area (TPSA) is 88.5 Å². The van der Waals surface area contributed by atoms with E-state index in [-0.39, 0.29) is 21.5 Å². The molecule has 0 aliphatic rings. The maximum atomic E-state index is 12.2. The summed E-state index contributed by atoms with van der Waals surface area (Å²) in [7, 11) is -0.973. The third-order valence-electron chi connectivity index (χ3n) is 3.27. The third-order valence-corrected chi connectivity index (χ3v) is 5.89. The minimum atomic E-state index is -3.72. The van der Waals surface area contributed by atoms with Crippen LogP contribution in [0.5, 0.6) is 0 Å². The van der Waals surface area contributed by atoms with Crippen molar-refractivity contribution in [3.8, 4) is 0 Å². The molecule has 7 nitrogen and oxygen atoms in total. The van der Waals surface area contributed by atoms with Crippen LogP contribution in [0.3, 0.4) is 0 Å². The van der Waals surface area contributed by atoms with Crippen molar-refractivity contribution < 1.29 is 13.2 Å². The fourth-order valence-electron chi connectivity index (χ4n) is 1.94. The van der Waals surface area contributed by atoms with E-state index < -0.39 is 21.5 Å². The van der Waals surface area contributed by atoms with Crippen LogP contribution >= 0.6 is 23.2 Å². The van der Waals surface area contributed by atoms with Crippen LogP contribution in [-0.2, 0) is 21.4 Å². The highest BCUT2D eigenvalue weighted by Crippen LogP contribution is 2.29. The van der Waals surface area contributed by atoms with Gasteiger partial charge in [-0.1, -0.05) is 29.3 Å². The van der Waals surface area contributed by atoms with Gasteiger partial charge in [0.2, 0.25) is 15.9 Å². The summed E-state index contributed by atoms with van der Waals surface area (Å²) in [6.07, 6.45) is 1.12. The first-order valence-electron chi connectivity index (χ1n) is 7.00. The van der Waals surface area contributed by atoms with E-state index in [0.29, 0.717) is 5.69 Å². The Kier molecular flexibility index (Phi) is 5.89. The van der Waals surface area contributed by atoms with E-state index in [2.05, 4.69) is 5.32 Å². The molecule has 0 aliphatic heterocycles. The molecule has 0 atom stereocenters. The van der Waals surface area contributed by atoms with Crippen molar-refractivity contribution in [2.75, 3.05) is 19.4 Å². The second-order valence-corrected chi connectivity index (χ2v) is 8.20. The number of carbonyl (C=O) groups is 1. The van der Waals surface area contributed by atoms with Crippen molar-refractivity contribution in [2.24, 2.45) is 0 Å². The molecule has 1 aromatic heterocycles. The van der Waals surface area contributed by atoms with Gasteiger partial charge in [0.05, 0.1) is 20.6 Å². The van der Waals surface area contributed by atoms with Gasteiger partial charge < -0.3 is 9.88 Å². The Morgan fingerprint density at radius 1 is 1.20 bits per heavy atom. The van der Waals surface area contributed by atoms with Gasteiger partial charge in [-0.25, -0.2) is 12.7 Å². The lowest BCUT2D eigenvalue weighted by Crippen LogP contribution is -2.29. The van der Waals surface area contributed by atoms with Crippen LogP contribution in [0.4, 0.5) is 5.69 Å². The minimum absolute atomic E-state index is 0.0920. The zero-order valence-corrected chi connectivity index (χ0v) is 15.7. The molecular formula is C15H15Cl2N3O4S. The van der Waals surface area contributed by atoms with Crippen LogP contribution < -0.4 is 10.9 Å². The minimum Gasteiger partial charge on any atom is -0.323 e. The van der Waals surface area contributed by atoms with Crippen molar-refractivity contribution in [1.82, 2.24) is 8.87 Å². The van der Waals surface area contributed by atoms with Crippen molar-refractivity contribution in [1.29, 1.82) is 0 Å². The molecule has 2 aromatic rings. The molecule has 1 aromatic carbocycles. The maximum Gasteiger partial charge on any atom is 0.251 e. The summed E-state index contributed by atoms with van der Waals surface area (Å²) in [4.78, 5) is 24.0. The summed E-state index contributed by atoms with van der Waals surface area (Å²) >= 11 is 11.9. The summed E-state index contributed by atoms with van der Waals surface area (Å²) < 4.78 is 26.3. The van der Waals surface area contributed by atoms with E-state index in [1.165, 1.54) is 20.2 Å². The number of amides is 1. The van der Waals surface area contributed by atoms with Gasteiger partial charge in [0.15, 0.2) is 0 Å². The summed E-state index contributed by atoms with van der Waals surface area (Å²) in [5.41, 5.74) is -0.214. The van der Waals surface area contributed by atoms with E-state index in [0.717, 1.165) is 21.1 Å². The molecular weight excluding hydrogens is 389 g/mol. The van der Waals surface area contributed by atoms with E-state index in [9.17, 15) is 18.0 Å². The van der Waals surface area contributed by atoms with Crippen molar-refractivity contribution in [3.05, 3.63) is 56.9 Å². The zero-order valence-electron chi connectivity index (χ0n) is 13.4. The van der Waals surface area contributed by atoms with Gasteiger partial charge >= 0.3 is 0 Å². The predicted molar refractivity (Wildman–Crippen MR) is 96.7 cm³/mol. The van der Waals surface area contributed by atoms with Crippen LogP contribution in [0.1, 0.15) is 0 Å². The Morgan fingerprint density at radius 3 is 2.52 bits per heavy atom. The number of nitrogens with zero attached hydrogens (tertiary/aromatic N) is 2. The van der Waals surface area contributed by atoms with Crippen LogP contribution in [0, 0.1) is 0 Å². The second kappa shape index (κ2) is 7.57. The SMILES string of the molecule is CN(C)S(=O)(=O)c1ccc(=O)n(CC(=O)Nc2cccc(Cl)c2Cl)c1. The molecule has 0 saturated carbocycles. The van der Waals surface area contributed by atoms with Crippen LogP contribution in [-0.4, -0.2) is 37.3 Å². The fraction of sp³-hybridized carbons (Fsp3) is 0.200. The van der Waals surface area contributed by atoms with E-state index in [1.54, 1.807) is 18.2 Å². The molecule has 2 rings (SSSR count). The Morgan fingerprint density at radius 2 is 1.88 bits per heavy atom. The van der Waals surface area contributed by atoms with Crippen LogP contribution in [0.2, 0.25) is 10.0 Å². The summed E-state index contributed by atoms with van der Waals surface area (Å²) in [5, 5.41) is 2.98. The van der Waals surface area contributed by atoms with Gasteiger partial charge in [0.25, 0.3) is 5.56 Å². The quantitative estimate of drug-likeness (QED) is 0.826. The average molecular weight is 404 g/mol. The molecule has 0 aliphatic carbocycles. The average Bonchev–Trinajstić information content (AvgIpc) is 2.53. The first-order chi connectivity index (χ1) is 11.6. The number of rotatable bonds is 5. The molecule has 0 saturated heterocycles. The van der Waals surface area contributed by atoms with Gasteiger partial charge in [0, 0.05) is 26.4 Å². The predicted octanol–water partition coefficient (Wildman–Crippen LogP) is 2.04. The second-order valence-electron chi connectivity index (χ2n) is 5.27. The highest BCUT2D eigenvalue weighted by Gasteiger charge is 2.19. The Bertz CT molecular complexity index is 971. The van der Waals surface area contributed by atoms with Gasteiger partial charge in [0.1, 0.15) is 6.54 Å². The zero-order chi connectivity index (χ0) is 18.8. The molecule has 0 unspecified atom stereocenters. The Labute approximate surface area is 154 Å². The molecule has 0 fully saturated rings. The number of anilines is 1. The van der Waals surface area contributed by atoms with E-state index in [4.69, 9.17) is 23.2 Å². The van der Waals surface area contributed by atoms with Gasteiger partial charge in [-0.15, -0.1) is 0 Å². The molecule has 0 bridgehead atoms. The van der Waals surface area contributed by atoms with Crippen molar-refractivity contribution >= 4 is 44.8 Å². The number of nitrogens with one attached hydrogen (secondary N) is 1. The van der Waals surface area contributed by atoms with Gasteiger partial charge in [-0.05, 0) is 18.2 Å². The Hall–Kier alpha value is -1.87. The van der Waals surface area contributed by atoms with Gasteiger partial charge in [-0.3, -0.25) is 9.59 Å². The number of hydrogen-bond acceptors (Lipinski definition) is 4. The van der Waals surface area contributed by atoms with Crippen molar-refractivity contribution in [3.63, 3.8) is 0 Å². The number of hydrogen-bond donors (Lipinski definition) is 1. The molecule has 10 heteroatoms. The monoisotopic (exact) mass is 403 g/mol. The number of carbonyl (C=O) groups excluding carboxylic acids is 1. The molecule has 25 heavy (non-hydrogen) atoms. The summed E-state index contributed by atoms with van der Waals surface area (Å²) in [6, 6.07) is 7.03. The molecule has 1 N–H and O–H groups in total. The van der Waals surface area contributed by atoms with Gasteiger partial charge in [-0.2, -0.15) is 0 Å². The number of halogens is 2. The van der Waals surface area contributed by atoms with E-state index >= 15 is 0 Å². The lowest BCUT2D eigenvalue weighted by Gasteiger charge is -2.13. The number of benzene rings is 1. The normalized spacial score (nSPS) is 11.6. The highest BCUT2D eigenvalue weighted by molar-refractivity contribution is 7.89. The third kappa shape index (κ3) is 4.40. The molecule has 1 amide bonds. The highest BCUT2D eigenvalue weighted by atomic mass is 35.5. The lowest BCUT2D eigenvalue weighted by molar-refractivity contribution is -0.116. The largest absolute Gasteiger partial charge is 0.323 e. The Balaban J connectivity index is 2.27. The number of pyridine rings is 1. The van der Waals surface area contributed by atoms with Crippen LogP contribution in [0.25, 0.3) is 0 Å². The first-order valence-corrected chi connectivity index (χ1v) is 9.19.